The second-order valence-corrected chi connectivity index (χ2v) is 4.70. The monoisotopic (exact) mass is 239 g/mol. The Labute approximate surface area is 108 Å². The Kier molecular flexibility index (Phi) is 2.80. The van der Waals surface area contributed by atoms with Gasteiger partial charge in [-0.15, -0.1) is 0 Å². The zero-order valence-corrected chi connectivity index (χ0v) is 10.7. The van der Waals surface area contributed by atoms with Crippen molar-refractivity contribution in [1.82, 2.24) is 5.32 Å². The summed E-state index contributed by atoms with van der Waals surface area (Å²) in [4.78, 5) is 0. The van der Waals surface area contributed by atoms with Gasteiger partial charge in [0.25, 0.3) is 0 Å². The molecule has 0 bridgehead atoms. The van der Waals surface area contributed by atoms with Crippen LogP contribution in [0, 0.1) is 6.92 Å². The lowest BCUT2D eigenvalue weighted by Gasteiger charge is -2.16. The third-order valence-corrected chi connectivity index (χ3v) is 3.69. The number of hydrogen-bond acceptors (Lipinski definition) is 2. The van der Waals surface area contributed by atoms with Crippen LogP contribution in [0.1, 0.15) is 28.3 Å². The summed E-state index contributed by atoms with van der Waals surface area (Å²) in [6.07, 6.45) is 0. The lowest BCUT2D eigenvalue weighted by Crippen LogP contribution is -2.14. The zero-order valence-electron chi connectivity index (χ0n) is 10.7. The maximum absolute atomic E-state index is 5.46. The first-order valence-corrected chi connectivity index (χ1v) is 6.26. The van der Waals surface area contributed by atoms with Crippen LogP contribution in [0.3, 0.4) is 0 Å². The first-order valence-electron chi connectivity index (χ1n) is 6.26. The number of methoxy groups -OCH3 is 1. The molecule has 0 amide bonds. The predicted molar refractivity (Wildman–Crippen MR) is 72.9 cm³/mol. The fourth-order valence-corrected chi connectivity index (χ4v) is 2.73. The first-order chi connectivity index (χ1) is 8.81. The predicted octanol–water partition coefficient (Wildman–Crippen LogP) is 3.20. The molecule has 0 aliphatic carbocycles. The van der Waals surface area contributed by atoms with Crippen LogP contribution in [0.4, 0.5) is 0 Å². The van der Waals surface area contributed by atoms with Crippen molar-refractivity contribution in [2.24, 2.45) is 0 Å². The molecule has 1 aliphatic heterocycles. The normalized spacial score (nSPS) is 17.6. The summed E-state index contributed by atoms with van der Waals surface area (Å²) in [5, 5.41) is 3.57. The molecule has 2 heteroatoms. The minimum absolute atomic E-state index is 0.246. The van der Waals surface area contributed by atoms with E-state index in [2.05, 4.69) is 42.6 Å². The maximum Gasteiger partial charge on any atom is 0.123 e. The van der Waals surface area contributed by atoms with Crippen molar-refractivity contribution in [3.63, 3.8) is 0 Å². The molecule has 1 atom stereocenters. The second kappa shape index (κ2) is 4.46. The van der Waals surface area contributed by atoms with Gasteiger partial charge >= 0.3 is 0 Å². The van der Waals surface area contributed by atoms with Gasteiger partial charge in [-0.3, -0.25) is 0 Å². The minimum atomic E-state index is 0.246. The van der Waals surface area contributed by atoms with E-state index >= 15 is 0 Å². The van der Waals surface area contributed by atoms with Crippen molar-refractivity contribution < 1.29 is 4.74 Å². The number of rotatable bonds is 2. The van der Waals surface area contributed by atoms with Gasteiger partial charge in [0.15, 0.2) is 0 Å². The molecule has 2 aromatic rings. The summed E-state index contributed by atoms with van der Waals surface area (Å²) in [6, 6.07) is 15.0. The van der Waals surface area contributed by atoms with E-state index in [0.29, 0.717) is 0 Å². The molecular formula is C16H17NO. The fraction of sp³-hybridized carbons (Fsp3) is 0.250. The van der Waals surface area contributed by atoms with Gasteiger partial charge in [-0.05, 0) is 29.7 Å². The van der Waals surface area contributed by atoms with E-state index < -0.39 is 0 Å². The summed E-state index contributed by atoms with van der Waals surface area (Å²) in [6.45, 7) is 3.11. The second-order valence-electron chi connectivity index (χ2n) is 4.70. The van der Waals surface area contributed by atoms with Gasteiger partial charge in [0.2, 0.25) is 0 Å². The number of nitrogens with one attached hydrogen (secondary N) is 1. The highest BCUT2D eigenvalue weighted by molar-refractivity contribution is 5.48. The van der Waals surface area contributed by atoms with Crippen molar-refractivity contribution in [2.45, 2.75) is 19.5 Å². The minimum Gasteiger partial charge on any atom is -0.496 e. The average molecular weight is 239 g/mol. The van der Waals surface area contributed by atoms with Crippen molar-refractivity contribution in [3.8, 4) is 5.75 Å². The van der Waals surface area contributed by atoms with Crippen LogP contribution < -0.4 is 10.1 Å². The van der Waals surface area contributed by atoms with Crippen LogP contribution in [0.5, 0.6) is 5.75 Å². The van der Waals surface area contributed by atoms with Gasteiger partial charge in [0, 0.05) is 12.1 Å². The molecule has 92 valence electrons. The molecule has 2 nitrogen and oxygen atoms in total. The van der Waals surface area contributed by atoms with Gasteiger partial charge in [0.05, 0.1) is 13.2 Å². The lowest BCUT2D eigenvalue weighted by molar-refractivity contribution is 0.405. The molecule has 18 heavy (non-hydrogen) atoms. The van der Waals surface area contributed by atoms with Gasteiger partial charge < -0.3 is 10.1 Å². The van der Waals surface area contributed by atoms with Crippen molar-refractivity contribution in [1.29, 1.82) is 0 Å². The molecule has 0 fully saturated rings. The summed E-state index contributed by atoms with van der Waals surface area (Å²) >= 11 is 0. The van der Waals surface area contributed by atoms with E-state index in [1.165, 1.54) is 22.3 Å². The number of fused-ring (bicyclic) bond motifs is 1. The largest absolute Gasteiger partial charge is 0.496 e. The molecule has 1 N–H and O–H groups in total. The van der Waals surface area contributed by atoms with Crippen LogP contribution >= 0.6 is 0 Å². The summed E-state index contributed by atoms with van der Waals surface area (Å²) in [5.74, 6) is 0.948. The molecular weight excluding hydrogens is 222 g/mol. The Morgan fingerprint density at radius 1 is 1.06 bits per heavy atom. The highest BCUT2D eigenvalue weighted by atomic mass is 16.5. The number of hydrogen-bond donors (Lipinski definition) is 1. The summed E-state index contributed by atoms with van der Waals surface area (Å²) < 4.78 is 5.46. The molecule has 1 aliphatic rings. The van der Waals surface area contributed by atoms with Crippen LogP contribution in [-0.4, -0.2) is 7.11 Å². The maximum atomic E-state index is 5.46. The van der Waals surface area contributed by atoms with Crippen LogP contribution in [-0.2, 0) is 6.54 Å². The molecule has 0 radical (unpaired) electrons. The topological polar surface area (TPSA) is 21.3 Å². The Hall–Kier alpha value is -1.80. The zero-order chi connectivity index (χ0) is 12.5. The standard InChI is InChI=1S/C16H17NO/c1-11-6-5-8-12-14(11)10-17-16(12)13-7-3-4-9-15(13)18-2/h3-9,16-17H,10H2,1-2H3. The average Bonchev–Trinajstić information content (AvgIpc) is 2.84. The van der Waals surface area contributed by atoms with Gasteiger partial charge in [-0.25, -0.2) is 0 Å². The van der Waals surface area contributed by atoms with Gasteiger partial charge in [-0.1, -0.05) is 36.4 Å². The first kappa shape index (κ1) is 11.3. The molecule has 0 saturated carbocycles. The van der Waals surface area contributed by atoms with Crippen LogP contribution in [0.2, 0.25) is 0 Å². The number of aryl methyl sites for hydroxylation is 1. The quantitative estimate of drug-likeness (QED) is 0.869. The number of para-hydroxylation sites is 1. The number of benzene rings is 2. The Bertz CT molecular complexity index is 577. The molecule has 0 aromatic heterocycles. The van der Waals surface area contributed by atoms with E-state index in [4.69, 9.17) is 4.74 Å². The fourth-order valence-electron chi connectivity index (χ4n) is 2.73. The van der Waals surface area contributed by atoms with Crippen LogP contribution in [0.15, 0.2) is 42.5 Å². The smallest absolute Gasteiger partial charge is 0.123 e. The third kappa shape index (κ3) is 1.70. The Balaban J connectivity index is 2.09. The third-order valence-electron chi connectivity index (χ3n) is 3.69. The highest BCUT2D eigenvalue weighted by Crippen LogP contribution is 2.36. The van der Waals surface area contributed by atoms with Crippen molar-refractivity contribution in [2.75, 3.05) is 7.11 Å². The van der Waals surface area contributed by atoms with E-state index in [1.807, 2.05) is 12.1 Å². The molecule has 1 unspecified atom stereocenters. The number of ether oxygens (including phenoxy) is 1. The summed E-state index contributed by atoms with van der Waals surface area (Å²) in [5.41, 5.74) is 5.37. The molecule has 0 saturated heterocycles. The van der Waals surface area contributed by atoms with Gasteiger partial charge in [-0.2, -0.15) is 0 Å². The van der Waals surface area contributed by atoms with E-state index in [9.17, 15) is 0 Å². The van der Waals surface area contributed by atoms with Gasteiger partial charge in [0.1, 0.15) is 5.75 Å². The van der Waals surface area contributed by atoms with Crippen LogP contribution in [0.25, 0.3) is 0 Å². The lowest BCUT2D eigenvalue weighted by atomic mass is 9.95. The van der Waals surface area contributed by atoms with Crippen molar-refractivity contribution in [3.05, 3.63) is 64.7 Å². The highest BCUT2D eigenvalue weighted by Gasteiger charge is 2.26. The molecule has 1 heterocycles. The van der Waals surface area contributed by atoms with E-state index in [1.54, 1.807) is 7.11 Å². The van der Waals surface area contributed by atoms with Crippen molar-refractivity contribution >= 4 is 0 Å². The Morgan fingerprint density at radius 2 is 1.83 bits per heavy atom. The van der Waals surface area contributed by atoms with E-state index in [0.717, 1.165) is 12.3 Å². The molecule has 0 spiro atoms. The van der Waals surface area contributed by atoms with E-state index in [-0.39, 0.29) is 6.04 Å². The molecule has 3 rings (SSSR count). The Morgan fingerprint density at radius 3 is 2.67 bits per heavy atom. The molecule has 2 aromatic carbocycles. The summed E-state index contributed by atoms with van der Waals surface area (Å²) in [7, 11) is 1.73. The SMILES string of the molecule is COc1ccccc1C1NCc2c(C)cccc21.